The van der Waals surface area contributed by atoms with Crippen LogP contribution >= 0.6 is 11.6 Å². The van der Waals surface area contributed by atoms with Gasteiger partial charge in [0.1, 0.15) is 0 Å². The van der Waals surface area contributed by atoms with Crippen LogP contribution in [0.15, 0.2) is 48.5 Å². The van der Waals surface area contributed by atoms with Crippen LogP contribution in [0.3, 0.4) is 0 Å². The molecule has 0 saturated heterocycles. The number of hydrogen-bond donors (Lipinski definition) is 2. The molecule has 2 aromatic carbocycles. The summed E-state index contributed by atoms with van der Waals surface area (Å²) in [5, 5.41) is 3.74. The third-order valence-electron chi connectivity index (χ3n) is 4.18. The molecule has 0 aliphatic carbocycles. The average Bonchev–Trinajstić information content (AvgIpc) is 2.60. The lowest BCUT2D eigenvalue weighted by Gasteiger charge is -2.26. The third-order valence-corrected chi connectivity index (χ3v) is 4.43. The highest BCUT2D eigenvalue weighted by molar-refractivity contribution is 6.30. The van der Waals surface area contributed by atoms with E-state index in [4.69, 9.17) is 17.3 Å². The number of hydrogen-bond acceptors (Lipinski definition) is 2. The number of primary amides is 1. The highest BCUT2D eigenvalue weighted by Gasteiger charge is 2.20. The van der Waals surface area contributed by atoms with Gasteiger partial charge in [-0.1, -0.05) is 49.7 Å². The number of rotatable bonds is 6. The smallest absolute Gasteiger partial charge is 0.317 e. The number of halogens is 1. The van der Waals surface area contributed by atoms with Crippen molar-refractivity contribution in [3.8, 4) is 0 Å². The van der Waals surface area contributed by atoms with Crippen LogP contribution < -0.4 is 11.1 Å². The Labute approximate surface area is 159 Å². The molecule has 0 aliphatic rings. The molecule has 0 heterocycles. The molecule has 3 amide bonds. The van der Waals surface area contributed by atoms with E-state index in [9.17, 15) is 9.59 Å². The van der Waals surface area contributed by atoms with Gasteiger partial charge in [0.2, 0.25) is 5.91 Å². The quantitative estimate of drug-likeness (QED) is 0.803. The molecule has 0 bridgehead atoms. The predicted octanol–water partition coefficient (Wildman–Crippen LogP) is 3.98. The first-order valence-electron chi connectivity index (χ1n) is 8.43. The first-order chi connectivity index (χ1) is 12.3. The number of urea groups is 1. The summed E-state index contributed by atoms with van der Waals surface area (Å²) in [4.78, 5) is 25.3. The van der Waals surface area contributed by atoms with Crippen molar-refractivity contribution in [2.45, 2.75) is 26.4 Å². The molecule has 0 radical (unpaired) electrons. The molecule has 26 heavy (non-hydrogen) atoms. The number of amides is 3. The van der Waals surface area contributed by atoms with Crippen molar-refractivity contribution in [1.82, 2.24) is 10.2 Å². The second kappa shape index (κ2) is 8.72. The number of carbonyl (C=O) groups is 2. The number of benzene rings is 2. The van der Waals surface area contributed by atoms with Crippen LogP contribution in [0.5, 0.6) is 0 Å². The highest BCUT2D eigenvalue weighted by atomic mass is 35.5. The number of nitrogens with two attached hydrogens (primary N) is 1. The fraction of sp³-hybridized carbons (Fsp3) is 0.300. The van der Waals surface area contributed by atoms with Gasteiger partial charge < -0.3 is 16.0 Å². The van der Waals surface area contributed by atoms with Gasteiger partial charge in [-0.05, 0) is 41.3 Å². The first-order valence-corrected chi connectivity index (χ1v) is 8.81. The van der Waals surface area contributed by atoms with Gasteiger partial charge in [-0.3, -0.25) is 4.79 Å². The SMILES string of the molecule is CC(C)C(NC(=O)N(C)Cc1ccc(C(N)=O)cc1)c1ccc(Cl)cc1. The van der Waals surface area contributed by atoms with Gasteiger partial charge in [0.15, 0.2) is 0 Å². The molecule has 2 aromatic rings. The second-order valence-corrected chi connectivity index (χ2v) is 7.08. The molecular weight excluding hydrogens is 350 g/mol. The van der Waals surface area contributed by atoms with E-state index in [2.05, 4.69) is 19.2 Å². The maximum Gasteiger partial charge on any atom is 0.317 e. The largest absolute Gasteiger partial charge is 0.366 e. The molecule has 0 aromatic heterocycles. The van der Waals surface area contributed by atoms with E-state index in [1.807, 2.05) is 24.3 Å². The zero-order chi connectivity index (χ0) is 19.3. The van der Waals surface area contributed by atoms with E-state index < -0.39 is 5.91 Å². The van der Waals surface area contributed by atoms with Crippen LogP contribution in [0.2, 0.25) is 5.02 Å². The van der Waals surface area contributed by atoms with E-state index >= 15 is 0 Å². The predicted molar refractivity (Wildman–Crippen MR) is 104 cm³/mol. The lowest BCUT2D eigenvalue weighted by atomic mass is 9.96. The fourth-order valence-electron chi connectivity index (χ4n) is 2.67. The summed E-state index contributed by atoms with van der Waals surface area (Å²) in [7, 11) is 1.73. The Hall–Kier alpha value is -2.53. The van der Waals surface area contributed by atoms with E-state index in [1.54, 1.807) is 36.2 Å². The van der Waals surface area contributed by atoms with Crippen LogP contribution in [0, 0.1) is 5.92 Å². The zero-order valence-corrected chi connectivity index (χ0v) is 16.0. The Morgan fingerprint density at radius 2 is 1.65 bits per heavy atom. The normalized spacial score (nSPS) is 11.9. The first kappa shape index (κ1) is 19.8. The minimum atomic E-state index is -0.467. The summed E-state index contributed by atoms with van der Waals surface area (Å²) in [6, 6.07) is 14.1. The van der Waals surface area contributed by atoms with Crippen LogP contribution in [0.25, 0.3) is 0 Å². The van der Waals surface area contributed by atoms with E-state index in [0.717, 1.165) is 11.1 Å². The van der Waals surface area contributed by atoms with Crippen LogP contribution in [0.4, 0.5) is 4.79 Å². The Balaban J connectivity index is 2.03. The minimum absolute atomic E-state index is 0.112. The summed E-state index contributed by atoms with van der Waals surface area (Å²) in [6.07, 6.45) is 0. The van der Waals surface area contributed by atoms with Gasteiger partial charge in [-0.25, -0.2) is 4.79 Å². The van der Waals surface area contributed by atoms with Gasteiger partial charge in [0, 0.05) is 24.2 Å². The summed E-state index contributed by atoms with van der Waals surface area (Å²) >= 11 is 5.95. The van der Waals surface area contributed by atoms with Crippen LogP contribution in [-0.4, -0.2) is 23.9 Å². The van der Waals surface area contributed by atoms with Crippen molar-refractivity contribution in [2.75, 3.05) is 7.05 Å². The van der Waals surface area contributed by atoms with Crippen molar-refractivity contribution in [3.63, 3.8) is 0 Å². The molecule has 3 N–H and O–H groups in total. The minimum Gasteiger partial charge on any atom is -0.366 e. The maximum atomic E-state index is 12.6. The van der Waals surface area contributed by atoms with Crippen molar-refractivity contribution >= 4 is 23.5 Å². The number of carbonyl (C=O) groups excluding carboxylic acids is 2. The Kier molecular flexibility index (Phi) is 6.64. The maximum absolute atomic E-state index is 12.6. The molecule has 0 saturated carbocycles. The van der Waals surface area contributed by atoms with E-state index in [0.29, 0.717) is 17.1 Å². The van der Waals surface area contributed by atoms with Crippen molar-refractivity contribution in [3.05, 3.63) is 70.2 Å². The Morgan fingerprint density at radius 1 is 1.08 bits per heavy atom. The van der Waals surface area contributed by atoms with Crippen LogP contribution in [-0.2, 0) is 6.54 Å². The van der Waals surface area contributed by atoms with Crippen LogP contribution in [0.1, 0.15) is 41.4 Å². The van der Waals surface area contributed by atoms with Gasteiger partial charge in [-0.15, -0.1) is 0 Å². The topological polar surface area (TPSA) is 75.4 Å². The van der Waals surface area contributed by atoms with Gasteiger partial charge >= 0.3 is 6.03 Å². The van der Waals surface area contributed by atoms with Crippen molar-refractivity contribution in [1.29, 1.82) is 0 Å². The van der Waals surface area contributed by atoms with Gasteiger partial charge in [0.25, 0.3) is 0 Å². The molecular formula is C20H24ClN3O2. The molecule has 1 atom stereocenters. The Bertz CT molecular complexity index is 758. The number of nitrogens with zero attached hydrogens (tertiary/aromatic N) is 1. The molecule has 0 spiro atoms. The van der Waals surface area contributed by atoms with Crippen molar-refractivity contribution in [2.24, 2.45) is 11.7 Å². The standard InChI is InChI=1S/C20H24ClN3O2/c1-13(2)18(15-8-10-17(21)11-9-15)23-20(26)24(3)12-14-4-6-16(7-5-14)19(22)25/h4-11,13,18H,12H2,1-3H3,(H2,22,25)(H,23,26). The number of nitrogens with one attached hydrogen (secondary N) is 1. The van der Waals surface area contributed by atoms with E-state index in [-0.39, 0.29) is 18.0 Å². The molecule has 138 valence electrons. The Morgan fingerprint density at radius 3 is 2.15 bits per heavy atom. The average molecular weight is 374 g/mol. The van der Waals surface area contributed by atoms with Gasteiger partial charge in [0.05, 0.1) is 6.04 Å². The van der Waals surface area contributed by atoms with Gasteiger partial charge in [-0.2, -0.15) is 0 Å². The molecule has 0 aliphatic heterocycles. The monoisotopic (exact) mass is 373 g/mol. The van der Waals surface area contributed by atoms with E-state index in [1.165, 1.54) is 0 Å². The third kappa shape index (κ3) is 5.23. The summed E-state index contributed by atoms with van der Waals surface area (Å²) in [6.45, 7) is 4.54. The summed E-state index contributed by atoms with van der Waals surface area (Å²) in [5.41, 5.74) is 7.61. The molecule has 5 nitrogen and oxygen atoms in total. The highest BCUT2D eigenvalue weighted by Crippen LogP contribution is 2.23. The molecule has 2 rings (SSSR count). The fourth-order valence-corrected chi connectivity index (χ4v) is 2.79. The zero-order valence-electron chi connectivity index (χ0n) is 15.2. The molecule has 1 unspecified atom stereocenters. The summed E-state index contributed by atoms with van der Waals surface area (Å²) in [5.74, 6) is -0.242. The summed E-state index contributed by atoms with van der Waals surface area (Å²) < 4.78 is 0. The molecule has 0 fully saturated rings. The van der Waals surface area contributed by atoms with Crippen molar-refractivity contribution < 1.29 is 9.59 Å². The second-order valence-electron chi connectivity index (χ2n) is 6.64. The molecule has 6 heteroatoms. The lowest BCUT2D eigenvalue weighted by molar-refractivity contribution is 0.1000. The lowest BCUT2D eigenvalue weighted by Crippen LogP contribution is -2.40.